The van der Waals surface area contributed by atoms with Gasteiger partial charge in [-0.05, 0) is 29.3 Å². The van der Waals surface area contributed by atoms with Crippen LogP contribution in [0.3, 0.4) is 0 Å². The van der Waals surface area contributed by atoms with Crippen LogP contribution in [0.25, 0.3) is 10.9 Å². The van der Waals surface area contributed by atoms with Crippen molar-refractivity contribution < 1.29 is 9.59 Å². The first-order valence-electron chi connectivity index (χ1n) is 9.09. The highest BCUT2D eigenvalue weighted by Crippen LogP contribution is 2.32. The fourth-order valence-electron chi connectivity index (χ4n) is 3.98. The molecule has 2 aliphatic heterocycles. The van der Waals surface area contributed by atoms with E-state index >= 15 is 0 Å². The molecule has 0 radical (unpaired) electrons. The Labute approximate surface area is 166 Å². The zero-order valence-corrected chi connectivity index (χ0v) is 15.7. The van der Waals surface area contributed by atoms with Crippen LogP contribution >= 0.6 is 11.6 Å². The zero-order chi connectivity index (χ0) is 19.3. The first-order chi connectivity index (χ1) is 13.6. The average Bonchev–Trinajstić information content (AvgIpc) is 3.06. The van der Waals surface area contributed by atoms with Crippen LogP contribution in [-0.4, -0.2) is 45.5 Å². The minimum Gasteiger partial charge on any atom is -0.357 e. The van der Waals surface area contributed by atoms with Crippen LogP contribution in [0.4, 0.5) is 0 Å². The number of amides is 2. The van der Waals surface area contributed by atoms with Gasteiger partial charge in [-0.15, -0.1) is 0 Å². The van der Waals surface area contributed by atoms with Crippen LogP contribution < -0.4 is 0 Å². The van der Waals surface area contributed by atoms with Crippen LogP contribution in [0.15, 0.2) is 53.6 Å². The van der Waals surface area contributed by atoms with Crippen molar-refractivity contribution in [3.05, 3.63) is 70.4 Å². The molecule has 1 N–H and O–H groups in total. The predicted octanol–water partition coefficient (Wildman–Crippen LogP) is 2.95. The third kappa shape index (κ3) is 2.77. The van der Waals surface area contributed by atoms with E-state index in [1.54, 1.807) is 23.2 Å². The Bertz CT molecular complexity index is 1140. The molecule has 0 saturated carbocycles. The molecule has 2 amide bonds. The molecule has 0 aliphatic carbocycles. The first kappa shape index (κ1) is 17.0. The second kappa shape index (κ2) is 6.49. The number of halogens is 1. The maximum absolute atomic E-state index is 13.0. The number of hydrazone groups is 1. The van der Waals surface area contributed by atoms with E-state index in [2.05, 4.69) is 10.1 Å². The number of rotatable bonds is 2. The topological polar surface area (TPSA) is 68.8 Å². The van der Waals surface area contributed by atoms with E-state index in [4.69, 9.17) is 11.6 Å². The fraction of sp³-hybridized carbons (Fsp3) is 0.190. The zero-order valence-electron chi connectivity index (χ0n) is 14.9. The normalized spacial score (nSPS) is 19.4. The number of fused-ring (bicyclic) bond motifs is 4. The van der Waals surface area contributed by atoms with E-state index < -0.39 is 6.04 Å². The van der Waals surface area contributed by atoms with Gasteiger partial charge < -0.3 is 9.88 Å². The van der Waals surface area contributed by atoms with Crippen molar-refractivity contribution in [1.29, 1.82) is 0 Å². The monoisotopic (exact) mass is 392 g/mol. The van der Waals surface area contributed by atoms with Gasteiger partial charge in [-0.3, -0.25) is 9.59 Å². The van der Waals surface area contributed by atoms with Crippen molar-refractivity contribution in [3.8, 4) is 0 Å². The second-order valence-electron chi connectivity index (χ2n) is 7.06. The van der Waals surface area contributed by atoms with Crippen molar-refractivity contribution in [2.24, 2.45) is 5.10 Å². The Hall–Kier alpha value is -3.12. The molecule has 1 unspecified atom stereocenters. The lowest BCUT2D eigenvalue weighted by Gasteiger charge is -2.40. The number of hydrogen-bond donors (Lipinski definition) is 1. The number of nitrogens with one attached hydrogen (secondary N) is 1. The highest BCUT2D eigenvalue weighted by atomic mass is 35.5. The van der Waals surface area contributed by atoms with Gasteiger partial charge in [0.25, 0.3) is 5.91 Å². The molecule has 3 aromatic rings. The first-order valence-corrected chi connectivity index (χ1v) is 9.47. The Morgan fingerprint density at radius 3 is 2.82 bits per heavy atom. The number of H-pyrrole nitrogens is 1. The largest absolute Gasteiger partial charge is 0.357 e. The van der Waals surface area contributed by atoms with Gasteiger partial charge in [0.2, 0.25) is 5.91 Å². The number of benzene rings is 2. The summed E-state index contributed by atoms with van der Waals surface area (Å²) < 4.78 is 0. The van der Waals surface area contributed by atoms with Crippen molar-refractivity contribution in [2.45, 2.75) is 19.0 Å². The van der Waals surface area contributed by atoms with Gasteiger partial charge in [0, 0.05) is 28.0 Å². The standard InChI is InChI=1S/C21H17ClN4O2/c22-14-5-3-4-13(8-14)10-23-26-12-20(27)25-11-18-16(9-19(25)21(26)28)15-6-1-2-7-17(15)24-18/h1-8,10,19,24H,9,11-12H2. The van der Waals surface area contributed by atoms with Gasteiger partial charge in [-0.2, -0.15) is 5.10 Å². The molecule has 140 valence electrons. The highest BCUT2D eigenvalue weighted by molar-refractivity contribution is 6.30. The molecule has 28 heavy (non-hydrogen) atoms. The molecule has 3 heterocycles. The quantitative estimate of drug-likeness (QED) is 0.681. The smallest absolute Gasteiger partial charge is 0.266 e. The van der Waals surface area contributed by atoms with Crippen LogP contribution in [0, 0.1) is 0 Å². The minimum atomic E-state index is -0.524. The molecule has 1 atom stereocenters. The molecule has 6 nitrogen and oxygen atoms in total. The summed E-state index contributed by atoms with van der Waals surface area (Å²) in [4.78, 5) is 30.8. The van der Waals surface area contributed by atoms with E-state index in [0.29, 0.717) is 18.0 Å². The molecular formula is C21H17ClN4O2. The van der Waals surface area contributed by atoms with Gasteiger partial charge in [-0.1, -0.05) is 41.9 Å². The fourth-order valence-corrected chi connectivity index (χ4v) is 4.18. The summed E-state index contributed by atoms with van der Waals surface area (Å²) in [7, 11) is 0. The number of aromatic nitrogens is 1. The predicted molar refractivity (Wildman–Crippen MR) is 107 cm³/mol. The number of carbonyl (C=O) groups excluding carboxylic acids is 2. The van der Waals surface area contributed by atoms with Crippen molar-refractivity contribution in [3.63, 3.8) is 0 Å². The maximum atomic E-state index is 13.0. The Morgan fingerprint density at radius 2 is 1.96 bits per heavy atom. The highest BCUT2D eigenvalue weighted by Gasteiger charge is 2.43. The third-order valence-corrected chi connectivity index (χ3v) is 5.58. The van der Waals surface area contributed by atoms with Crippen molar-refractivity contribution in [2.75, 3.05) is 6.54 Å². The van der Waals surface area contributed by atoms with Crippen molar-refractivity contribution >= 4 is 40.5 Å². The molecule has 0 bridgehead atoms. The summed E-state index contributed by atoms with van der Waals surface area (Å²) in [6, 6.07) is 14.7. The molecule has 2 aromatic carbocycles. The Kier molecular flexibility index (Phi) is 3.94. The summed E-state index contributed by atoms with van der Waals surface area (Å²) in [6.45, 7) is 0.368. The second-order valence-corrected chi connectivity index (χ2v) is 7.50. The van der Waals surface area contributed by atoms with Gasteiger partial charge in [-0.25, -0.2) is 5.01 Å². The number of carbonyl (C=O) groups is 2. The van der Waals surface area contributed by atoms with Crippen molar-refractivity contribution in [1.82, 2.24) is 14.9 Å². The lowest BCUT2D eigenvalue weighted by molar-refractivity contribution is -0.157. The Balaban J connectivity index is 1.45. The van der Waals surface area contributed by atoms with Gasteiger partial charge >= 0.3 is 0 Å². The van der Waals surface area contributed by atoms with Gasteiger partial charge in [0.05, 0.1) is 12.8 Å². The van der Waals surface area contributed by atoms with E-state index in [0.717, 1.165) is 27.7 Å². The van der Waals surface area contributed by atoms with E-state index in [9.17, 15) is 9.59 Å². The lowest BCUT2D eigenvalue weighted by Crippen LogP contribution is -2.60. The number of aromatic amines is 1. The van der Waals surface area contributed by atoms with E-state index in [-0.39, 0.29) is 18.4 Å². The van der Waals surface area contributed by atoms with Crippen LogP contribution in [0.2, 0.25) is 5.02 Å². The molecular weight excluding hydrogens is 376 g/mol. The molecule has 5 rings (SSSR count). The summed E-state index contributed by atoms with van der Waals surface area (Å²) in [5.41, 5.74) is 3.92. The molecule has 2 aliphatic rings. The summed E-state index contributed by atoms with van der Waals surface area (Å²) in [5, 5.41) is 7.24. The summed E-state index contributed by atoms with van der Waals surface area (Å²) >= 11 is 5.99. The number of piperazine rings is 1. The van der Waals surface area contributed by atoms with E-state index in [1.807, 2.05) is 36.4 Å². The maximum Gasteiger partial charge on any atom is 0.266 e. The molecule has 1 fully saturated rings. The Morgan fingerprint density at radius 1 is 1.11 bits per heavy atom. The average molecular weight is 393 g/mol. The van der Waals surface area contributed by atoms with Gasteiger partial charge in [0.15, 0.2) is 0 Å². The summed E-state index contributed by atoms with van der Waals surface area (Å²) in [6.07, 6.45) is 2.06. The molecule has 1 saturated heterocycles. The number of nitrogens with zero attached hydrogens (tertiary/aromatic N) is 3. The number of hydrogen-bond acceptors (Lipinski definition) is 3. The van der Waals surface area contributed by atoms with Crippen LogP contribution in [0.5, 0.6) is 0 Å². The molecule has 0 spiro atoms. The summed E-state index contributed by atoms with van der Waals surface area (Å²) in [5.74, 6) is -0.258. The molecule has 7 heteroatoms. The van der Waals surface area contributed by atoms with Gasteiger partial charge in [0.1, 0.15) is 12.6 Å². The third-order valence-electron chi connectivity index (χ3n) is 5.34. The molecule has 1 aromatic heterocycles. The SMILES string of the molecule is O=C1C2Cc3c([nH]c4ccccc34)CN2C(=O)CN1N=Cc1cccc(Cl)c1. The minimum absolute atomic E-state index is 0.0536. The lowest BCUT2D eigenvalue weighted by atomic mass is 9.94. The van der Waals surface area contributed by atoms with E-state index in [1.165, 1.54) is 5.01 Å². The van der Waals surface area contributed by atoms with Crippen LogP contribution in [0.1, 0.15) is 16.8 Å². The van der Waals surface area contributed by atoms with Crippen LogP contribution in [-0.2, 0) is 22.6 Å². The number of para-hydroxylation sites is 1.